The van der Waals surface area contributed by atoms with Gasteiger partial charge in [-0.1, -0.05) is 6.07 Å². The number of carbonyl (C=O) groups excluding carboxylic acids is 2. The fraction of sp³-hybridized carbons (Fsp3) is 0.667. The van der Waals surface area contributed by atoms with Crippen LogP contribution in [0.15, 0.2) is 18.3 Å². The maximum absolute atomic E-state index is 12.7. The number of rotatable bonds is 3. The summed E-state index contributed by atoms with van der Waals surface area (Å²) in [7, 11) is 0. The Balaban J connectivity index is 1.36. The molecule has 1 spiro atoms. The van der Waals surface area contributed by atoms with Gasteiger partial charge in [0.15, 0.2) is 0 Å². The monoisotopic (exact) mass is 371 g/mol. The summed E-state index contributed by atoms with van der Waals surface area (Å²) in [6.45, 7) is 5.83. The minimum Gasteiger partial charge on any atom is -0.376 e. The molecule has 1 atom stereocenters. The topological polar surface area (TPSA) is 62.7 Å². The van der Waals surface area contributed by atoms with Gasteiger partial charge in [0.05, 0.1) is 6.10 Å². The number of nitrogens with zero attached hydrogens (tertiary/aromatic N) is 3. The molecule has 3 aliphatic heterocycles. The zero-order chi connectivity index (χ0) is 18.9. The van der Waals surface area contributed by atoms with E-state index in [1.54, 1.807) is 6.20 Å². The van der Waals surface area contributed by atoms with Gasteiger partial charge in [-0.25, -0.2) is 0 Å². The lowest BCUT2D eigenvalue weighted by atomic mass is 9.72. The number of pyridine rings is 1. The third kappa shape index (κ3) is 4.00. The smallest absolute Gasteiger partial charge is 0.272 e. The van der Waals surface area contributed by atoms with E-state index in [2.05, 4.69) is 4.98 Å². The largest absolute Gasteiger partial charge is 0.376 e. The lowest BCUT2D eigenvalue weighted by Gasteiger charge is -2.47. The Morgan fingerprint density at radius 2 is 2.11 bits per heavy atom. The Hall–Kier alpha value is -1.95. The number of amides is 2. The van der Waals surface area contributed by atoms with Gasteiger partial charge >= 0.3 is 0 Å². The number of piperidine rings is 2. The van der Waals surface area contributed by atoms with Gasteiger partial charge in [-0.2, -0.15) is 0 Å². The number of carbonyl (C=O) groups is 2. The standard InChI is InChI=1S/C21H29N3O3/c1-16-4-5-18(22-13-16)20(26)23-10-8-21(9-11-23)7-6-19(25)24(15-21)14-17-3-2-12-27-17/h4-5,13,17H,2-3,6-12,14-15H2,1H3/t17-/m1/s1. The van der Waals surface area contributed by atoms with Gasteiger partial charge < -0.3 is 14.5 Å². The first-order valence-electron chi connectivity index (χ1n) is 10.2. The molecule has 27 heavy (non-hydrogen) atoms. The second-order valence-electron chi connectivity index (χ2n) is 8.42. The Bertz CT molecular complexity index is 689. The molecule has 1 aromatic heterocycles. The maximum Gasteiger partial charge on any atom is 0.272 e. The second-order valence-corrected chi connectivity index (χ2v) is 8.42. The van der Waals surface area contributed by atoms with Crippen LogP contribution in [0.5, 0.6) is 0 Å². The molecule has 4 heterocycles. The first kappa shape index (κ1) is 18.4. The van der Waals surface area contributed by atoms with Crippen molar-refractivity contribution in [3.63, 3.8) is 0 Å². The summed E-state index contributed by atoms with van der Waals surface area (Å²) in [6.07, 6.45) is 7.59. The molecule has 2 amide bonds. The van der Waals surface area contributed by atoms with Crippen molar-refractivity contribution in [3.8, 4) is 0 Å². The van der Waals surface area contributed by atoms with Crippen molar-refractivity contribution in [3.05, 3.63) is 29.6 Å². The van der Waals surface area contributed by atoms with Crippen molar-refractivity contribution < 1.29 is 14.3 Å². The van der Waals surface area contributed by atoms with Gasteiger partial charge in [-0.05, 0) is 56.1 Å². The van der Waals surface area contributed by atoms with Gasteiger partial charge in [0.1, 0.15) is 5.69 Å². The number of aryl methyl sites for hydroxylation is 1. The lowest BCUT2D eigenvalue weighted by Crippen LogP contribution is -2.53. The Kier molecular flexibility index (Phi) is 5.17. The van der Waals surface area contributed by atoms with Crippen LogP contribution in [0.3, 0.4) is 0 Å². The molecule has 0 unspecified atom stereocenters. The summed E-state index contributed by atoms with van der Waals surface area (Å²) in [6, 6.07) is 3.74. The number of ether oxygens (including phenoxy) is 1. The summed E-state index contributed by atoms with van der Waals surface area (Å²) in [4.78, 5) is 33.3. The SMILES string of the molecule is Cc1ccc(C(=O)N2CCC3(CCC(=O)N(C[C@H]4CCCO4)C3)CC2)nc1. The minimum absolute atomic E-state index is 0.0212. The minimum atomic E-state index is 0.0212. The zero-order valence-corrected chi connectivity index (χ0v) is 16.2. The van der Waals surface area contributed by atoms with Gasteiger partial charge in [0.25, 0.3) is 5.91 Å². The van der Waals surface area contributed by atoms with E-state index >= 15 is 0 Å². The highest BCUT2D eigenvalue weighted by Gasteiger charge is 2.42. The predicted molar refractivity (Wildman–Crippen MR) is 101 cm³/mol. The molecule has 0 aliphatic carbocycles. The van der Waals surface area contributed by atoms with E-state index in [0.717, 1.165) is 70.5 Å². The van der Waals surface area contributed by atoms with Crippen molar-refractivity contribution in [2.45, 2.75) is 51.6 Å². The molecular formula is C21H29N3O3. The van der Waals surface area contributed by atoms with E-state index in [1.165, 1.54) is 0 Å². The molecule has 6 nitrogen and oxygen atoms in total. The van der Waals surface area contributed by atoms with E-state index < -0.39 is 0 Å². The van der Waals surface area contributed by atoms with E-state index in [1.807, 2.05) is 28.9 Å². The Morgan fingerprint density at radius 1 is 1.30 bits per heavy atom. The quantitative estimate of drug-likeness (QED) is 0.819. The first-order chi connectivity index (χ1) is 13.0. The van der Waals surface area contributed by atoms with Crippen LogP contribution in [0, 0.1) is 12.3 Å². The van der Waals surface area contributed by atoms with Gasteiger partial charge in [-0.15, -0.1) is 0 Å². The fourth-order valence-corrected chi connectivity index (χ4v) is 4.65. The van der Waals surface area contributed by atoms with Gasteiger partial charge in [-0.3, -0.25) is 14.6 Å². The molecule has 0 radical (unpaired) electrons. The van der Waals surface area contributed by atoms with E-state index in [0.29, 0.717) is 12.1 Å². The summed E-state index contributed by atoms with van der Waals surface area (Å²) in [5, 5.41) is 0. The second kappa shape index (κ2) is 7.58. The summed E-state index contributed by atoms with van der Waals surface area (Å²) >= 11 is 0. The summed E-state index contributed by atoms with van der Waals surface area (Å²) in [5.41, 5.74) is 1.74. The van der Waals surface area contributed by atoms with E-state index in [4.69, 9.17) is 4.74 Å². The number of likely N-dealkylation sites (tertiary alicyclic amines) is 2. The van der Waals surface area contributed by atoms with Crippen LogP contribution in [0.4, 0.5) is 0 Å². The maximum atomic E-state index is 12.7. The van der Waals surface area contributed by atoms with Crippen LogP contribution >= 0.6 is 0 Å². The zero-order valence-electron chi connectivity index (χ0n) is 16.2. The molecule has 0 N–H and O–H groups in total. The highest BCUT2D eigenvalue weighted by atomic mass is 16.5. The van der Waals surface area contributed by atoms with Crippen LogP contribution in [0.2, 0.25) is 0 Å². The molecule has 3 aliphatic rings. The van der Waals surface area contributed by atoms with Crippen LogP contribution < -0.4 is 0 Å². The molecule has 146 valence electrons. The van der Waals surface area contributed by atoms with Crippen molar-refractivity contribution in [2.24, 2.45) is 5.41 Å². The normalized spacial score (nSPS) is 25.2. The average molecular weight is 371 g/mol. The Morgan fingerprint density at radius 3 is 2.78 bits per heavy atom. The van der Waals surface area contributed by atoms with Crippen molar-refractivity contribution in [1.82, 2.24) is 14.8 Å². The van der Waals surface area contributed by atoms with Crippen molar-refractivity contribution >= 4 is 11.8 Å². The highest BCUT2D eigenvalue weighted by molar-refractivity contribution is 5.92. The summed E-state index contributed by atoms with van der Waals surface area (Å²) in [5.74, 6) is 0.284. The van der Waals surface area contributed by atoms with E-state index in [-0.39, 0.29) is 23.3 Å². The fourth-order valence-electron chi connectivity index (χ4n) is 4.65. The van der Waals surface area contributed by atoms with Crippen molar-refractivity contribution in [2.75, 3.05) is 32.8 Å². The predicted octanol–water partition coefficient (Wildman–Crippen LogP) is 2.41. The summed E-state index contributed by atoms with van der Waals surface area (Å²) < 4.78 is 5.73. The molecule has 3 fully saturated rings. The van der Waals surface area contributed by atoms with Gasteiger partial charge in [0, 0.05) is 45.4 Å². The molecule has 0 saturated carbocycles. The number of hydrogen-bond donors (Lipinski definition) is 0. The van der Waals surface area contributed by atoms with E-state index in [9.17, 15) is 9.59 Å². The van der Waals surface area contributed by atoms with Crippen LogP contribution in [0.1, 0.15) is 54.6 Å². The van der Waals surface area contributed by atoms with Crippen molar-refractivity contribution in [1.29, 1.82) is 0 Å². The number of aromatic nitrogens is 1. The molecular weight excluding hydrogens is 342 g/mol. The molecule has 6 heteroatoms. The highest BCUT2D eigenvalue weighted by Crippen LogP contribution is 2.40. The molecule has 0 bridgehead atoms. The van der Waals surface area contributed by atoms with Gasteiger partial charge in [0.2, 0.25) is 5.91 Å². The van der Waals surface area contributed by atoms with Crippen LogP contribution in [-0.4, -0.2) is 65.5 Å². The first-order valence-corrected chi connectivity index (χ1v) is 10.2. The molecule has 4 rings (SSSR count). The third-order valence-corrected chi connectivity index (χ3v) is 6.44. The molecule has 3 saturated heterocycles. The van der Waals surface area contributed by atoms with Crippen LogP contribution in [-0.2, 0) is 9.53 Å². The average Bonchev–Trinajstić information content (AvgIpc) is 3.19. The molecule has 0 aromatic carbocycles. The molecule has 1 aromatic rings. The Labute approximate surface area is 160 Å². The van der Waals surface area contributed by atoms with Crippen LogP contribution in [0.25, 0.3) is 0 Å². The number of hydrogen-bond acceptors (Lipinski definition) is 4. The third-order valence-electron chi connectivity index (χ3n) is 6.44. The lowest BCUT2D eigenvalue weighted by molar-refractivity contribution is -0.141.